The Labute approximate surface area is 167 Å². The molecule has 0 bridgehead atoms. The summed E-state index contributed by atoms with van der Waals surface area (Å²) < 4.78 is 1.34. The summed E-state index contributed by atoms with van der Waals surface area (Å²) in [6.07, 6.45) is 0. The van der Waals surface area contributed by atoms with Crippen LogP contribution in [-0.4, -0.2) is 25.8 Å². The first-order valence-electron chi connectivity index (χ1n) is 8.87. The van der Waals surface area contributed by atoms with E-state index in [0.717, 1.165) is 21.7 Å². The van der Waals surface area contributed by atoms with E-state index in [-0.39, 0.29) is 17.5 Å². The van der Waals surface area contributed by atoms with Gasteiger partial charge in [0.05, 0.1) is 5.56 Å². The highest BCUT2D eigenvalue weighted by molar-refractivity contribution is 7.13. The van der Waals surface area contributed by atoms with Crippen LogP contribution in [0.4, 0.5) is 5.82 Å². The summed E-state index contributed by atoms with van der Waals surface area (Å²) in [6.45, 7) is 12.0. The molecule has 0 aliphatic heterocycles. The Balaban J connectivity index is 2.22. The van der Waals surface area contributed by atoms with Crippen LogP contribution in [0.5, 0.6) is 0 Å². The average Bonchev–Trinajstić information content (AvgIpc) is 3.13. The molecule has 27 heavy (non-hydrogen) atoms. The highest BCUT2D eigenvalue weighted by Crippen LogP contribution is 2.38. The molecule has 8 heteroatoms. The van der Waals surface area contributed by atoms with Crippen molar-refractivity contribution in [1.29, 1.82) is 0 Å². The standard InChI is InChI=1S/C19H24ClN5OS/c1-9(2)12(5)21-17-14(15-10(3)7-8-27-15)16(20)22-19(23-17)25-18(26)11(4)13(6)24-25/h7-9,12,24H,1-6H3,(H,21,22,23). The average molecular weight is 406 g/mol. The lowest BCUT2D eigenvalue weighted by molar-refractivity contribution is 0.558. The van der Waals surface area contributed by atoms with E-state index in [2.05, 4.69) is 41.2 Å². The number of rotatable bonds is 5. The Hall–Kier alpha value is -2.12. The van der Waals surface area contributed by atoms with Gasteiger partial charge in [-0.3, -0.25) is 9.89 Å². The topological polar surface area (TPSA) is 75.6 Å². The molecule has 0 radical (unpaired) electrons. The van der Waals surface area contributed by atoms with Crippen LogP contribution in [-0.2, 0) is 0 Å². The number of H-pyrrole nitrogens is 1. The maximum atomic E-state index is 12.5. The van der Waals surface area contributed by atoms with Gasteiger partial charge in [-0.25, -0.2) is 0 Å². The molecule has 0 aliphatic carbocycles. The number of aromatic nitrogens is 4. The fraction of sp³-hybridized carbons (Fsp3) is 0.421. The van der Waals surface area contributed by atoms with Crippen molar-refractivity contribution in [2.24, 2.45) is 5.92 Å². The number of thiophene rings is 1. The number of aromatic amines is 1. The first-order chi connectivity index (χ1) is 12.7. The van der Waals surface area contributed by atoms with Gasteiger partial charge >= 0.3 is 0 Å². The minimum atomic E-state index is -0.175. The van der Waals surface area contributed by atoms with E-state index in [1.165, 1.54) is 4.68 Å². The van der Waals surface area contributed by atoms with Crippen LogP contribution >= 0.6 is 22.9 Å². The third kappa shape index (κ3) is 3.66. The van der Waals surface area contributed by atoms with Crippen molar-refractivity contribution in [2.45, 2.75) is 47.6 Å². The number of hydrogen-bond acceptors (Lipinski definition) is 5. The van der Waals surface area contributed by atoms with Gasteiger partial charge in [-0.05, 0) is 50.6 Å². The zero-order valence-electron chi connectivity index (χ0n) is 16.3. The molecule has 0 saturated heterocycles. The van der Waals surface area contributed by atoms with Gasteiger partial charge in [-0.2, -0.15) is 14.6 Å². The highest BCUT2D eigenvalue weighted by Gasteiger charge is 2.22. The van der Waals surface area contributed by atoms with E-state index in [1.807, 2.05) is 25.3 Å². The lowest BCUT2D eigenvalue weighted by Gasteiger charge is -2.21. The number of anilines is 1. The van der Waals surface area contributed by atoms with E-state index in [0.29, 0.717) is 22.5 Å². The number of hydrogen-bond donors (Lipinski definition) is 2. The predicted molar refractivity (Wildman–Crippen MR) is 112 cm³/mol. The van der Waals surface area contributed by atoms with E-state index < -0.39 is 0 Å². The molecule has 3 aromatic rings. The Kier molecular flexibility index (Phi) is 5.44. The van der Waals surface area contributed by atoms with Crippen molar-refractivity contribution in [1.82, 2.24) is 19.7 Å². The lowest BCUT2D eigenvalue weighted by atomic mass is 10.1. The molecule has 3 aromatic heterocycles. The Morgan fingerprint density at radius 3 is 2.44 bits per heavy atom. The molecule has 6 nitrogen and oxygen atoms in total. The minimum Gasteiger partial charge on any atom is -0.367 e. The molecule has 3 heterocycles. The zero-order valence-corrected chi connectivity index (χ0v) is 17.9. The third-order valence-corrected chi connectivity index (χ3v) is 6.18. The minimum absolute atomic E-state index is 0.173. The van der Waals surface area contributed by atoms with Gasteiger partial charge in [0, 0.05) is 22.2 Å². The molecular weight excluding hydrogens is 382 g/mol. The molecule has 0 amide bonds. The van der Waals surface area contributed by atoms with Crippen molar-refractivity contribution >= 4 is 28.8 Å². The van der Waals surface area contributed by atoms with Crippen LogP contribution in [0, 0.1) is 26.7 Å². The van der Waals surface area contributed by atoms with Crippen molar-refractivity contribution in [3.05, 3.63) is 43.8 Å². The second-order valence-corrected chi connectivity index (χ2v) is 8.42. The number of nitrogens with one attached hydrogen (secondary N) is 2. The Bertz CT molecular complexity index is 1030. The molecule has 0 aliphatic rings. The van der Waals surface area contributed by atoms with Crippen molar-refractivity contribution in [3.8, 4) is 16.4 Å². The smallest absolute Gasteiger partial charge is 0.277 e. The first-order valence-corrected chi connectivity index (χ1v) is 10.1. The predicted octanol–water partition coefficient (Wildman–Crippen LogP) is 4.72. The quantitative estimate of drug-likeness (QED) is 0.602. The maximum absolute atomic E-state index is 12.5. The molecule has 0 spiro atoms. The van der Waals surface area contributed by atoms with Gasteiger partial charge < -0.3 is 5.32 Å². The Morgan fingerprint density at radius 1 is 1.22 bits per heavy atom. The number of halogens is 1. The number of aryl methyl sites for hydroxylation is 2. The van der Waals surface area contributed by atoms with Crippen LogP contribution in [0.2, 0.25) is 5.15 Å². The largest absolute Gasteiger partial charge is 0.367 e. The van der Waals surface area contributed by atoms with Crippen molar-refractivity contribution in [2.75, 3.05) is 5.32 Å². The summed E-state index contributed by atoms with van der Waals surface area (Å²) in [4.78, 5) is 22.6. The normalized spacial score (nSPS) is 12.6. The summed E-state index contributed by atoms with van der Waals surface area (Å²) in [5.74, 6) is 1.27. The summed E-state index contributed by atoms with van der Waals surface area (Å²) in [7, 11) is 0. The van der Waals surface area contributed by atoms with Gasteiger partial charge in [0.15, 0.2) is 0 Å². The second kappa shape index (κ2) is 7.48. The van der Waals surface area contributed by atoms with Gasteiger partial charge in [0.1, 0.15) is 11.0 Å². The fourth-order valence-corrected chi connectivity index (χ4v) is 3.90. The molecule has 1 atom stereocenters. The SMILES string of the molecule is Cc1ccsc1-c1c(Cl)nc(-n2[nH]c(C)c(C)c2=O)nc1NC(C)C(C)C. The van der Waals surface area contributed by atoms with Gasteiger partial charge in [-0.1, -0.05) is 25.4 Å². The van der Waals surface area contributed by atoms with Crippen LogP contribution in [0.1, 0.15) is 37.6 Å². The van der Waals surface area contributed by atoms with E-state index >= 15 is 0 Å². The zero-order chi connectivity index (χ0) is 19.9. The van der Waals surface area contributed by atoms with Crippen molar-refractivity contribution < 1.29 is 0 Å². The third-order valence-electron chi connectivity index (χ3n) is 4.87. The summed E-state index contributed by atoms with van der Waals surface area (Å²) in [6, 6.07) is 2.22. The molecule has 0 saturated carbocycles. The fourth-order valence-electron chi connectivity index (χ4n) is 2.61. The maximum Gasteiger partial charge on any atom is 0.277 e. The van der Waals surface area contributed by atoms with E-state index in [1.54, 1.807) is 18.3 Å². The summed E-state index contributed by atoms with van der Waals surface area (Å²) in [5.41, 5.74) is 3.13. The molecule has 1 unspecified atom stereocenters. The molecule has 144 valence electrons. The molecule has 0 fully saturated rings. The monoisotopic (exact) mass is 405 g/mol. The Morgan fingerprint density at radius 2 is 1.93 bits per heavy atom. The van der Waals surface area contributed by atoms with Crippen LogP contribution in [0.25, 0.3) is 16.4 Å². The van der Waals surface area contributed by atoms with Gasteiger partial charge in [-0.15, -0.1) is 11.3 Å². The van der Waals surface area contributed by atoms with Gasteiger partial charge in [0.2, 0.25) is 0 Å². The molecular formula is C19H24ClN5OS. The molecule has 2 N–H and O–H groups in total. The van der Waals surface area contributed by atoms with Gasteiger partial charge in [0.25, 0.3) is 11.5 Å². The highest BCUT2D eigenvalue weighted by atomic mass is 35.5. The van der Waals surface area contributed by atoms with Crippen molar-refractivity contribution in [3.63, 3.8) is 0 Å². The van der Waals surface area contributed by atoms with E-state index in [4.69, 9.17) is 11.6 Å². The van der Waals surface area contributed by atoms with Crippen LogP contribution in [0.15, 0.2) is 16.2 Å². The van der Waals surface area contributed by atoms with Crippen LogP contribution < -0.4 is 10.9 Å². The lowest BCUT2D eigenvalue weighted by Crippen LogP contribution is -2.24. The first kappa shape index (κ1) is 19.6. The molecule has 3 rings (SSSR count). The second-order valence-electron chi connectivity index (χ2n) is 7.15. The van der Waals surface area contributed by atoms with E-state index in [9.17, 15) is 4.79 Å². The van der Waals surface area contributed by atoms with Crippen LogP contribution in [0.3, 0.4) is 0 Å². The molecule has 0 aromatic carbocycles. The number of nitrogens with zero attached hydrogens (tertiary/aromatic N) is 3. The summed E-state index contributed by atoms with van der Waals surface area (Å²) in [5, 5.41) is 8.82. The summed E-state index contributed by atoms with van der Waals surface area (Å²) >= 11 is 8.19.